The molecule has 1 aliphatic heterocycles. The molecule has 0 spiro atoms. The largest absolute Gasteiger partial charge is 0.244 e. The molecule has 1 aliphatic rings. The molecule has 3 nitrogen and oxygen atoms in total. The fraction of sp³-hybridized carbons (Fsp3) is 0.500. The molecule has 1 fully saturated rings. The van der Waals surface area contributed by atoms with Crippen molar-refractivity contribution >= 4 is 21.8 Å². The van der Waals surface area contributed by atoms with Crippen molar-refractivity contribution in [3.05, 3.63) is 29.3 Å². The highest BCUT2D eigenvalue weighted by molar-refractivity contribution is 8.01. The molecule has 0 radical (unpaired) electrons. The summed E-state index contributed by atoms with van der Waals surface area (Å²) in [7, 11) is -3.32. The number of hydrogen-bond acceptors (Lipinski definition) is 3. The topological polar surface area (TPSA) is 37.4 Å². The molecule has 1 heterocycles. The van der Waals surface area contributed by atoms with Crippen LogP contribution in [0.5, 0.6) is 0 Å². The Morgan fingerprint density at radius 1 is 1.35 bits per heavy atom. The number of rotatable bonds is 2. The SMILES string of the molecule is Cc1ccc(S(=O)(=O)N2CCSC2C)c(C)c1. The number of hydrogen-bond donors (Lipinski definition) is 0. The molecule has 0 saturated carbocycles. The molecule has 0 aromatic heterocycles. The Morgan fingerprint density at radius 3 is 2.59 bits per heavy atom. The van der Waals surface area contributed by atoms with Crippen LogP contribution in [0.15, 0.2) is 23.1 Å². The number of aryl methyl sites for hydroxylation is 2. The van der Waals surface area contributed by atoms with Crippen LogP contribution in [-0.2, 0) is 10.0 Å². The molecular weight excluding hydrogens is 254 g/mol. The van der Waals surface area contributed by atoms with Crippen LogP contribution in [0.25, 0.3) is 0 Å². The summed E-state index contributed by atoms with van der Waals surface area (Å²) in [5.74, 6) is 0.880. The van der Waals surface area contributed by atoms with E-state index in [0.717, 1.165) is 16.9 Å². The van der Waals surface area contributed by atoms with Gasteiger partial charge in [-0.25, -0.2) is 8.42 Å². The van der Waals surface area contributed by atoms with Crippen molar-refractivity contribution < 1.29 is 8.42 Å². The van der Waals surface area contributed by atoms with Crippen molar-refractivity contribution in [2.45, 2.75) is 31.0 Å². The molecule has 2 rings (SSSR count). The lowest BCUT2D eigenvalue weighted by Gasteiger charge is -2.21. The van der Waals surface area contributed by atoms with E-state index in [1.807, 2.05) is 32.9 Å². The summed E-state index contributed by atoms with van der Waals surface area (Å²) in [5, 5.41) is 0.0423. The van der Waals surface area contributed by atoms with Crippen molar-refractivity contribution in [3.63, 3.8) is 0 Å². The van der Waals surface area contributed by atoms with E-state index in [2.05, 4.69) is 0 Å². The van der Waals surface area contributed by atoms with Crippen molar-refractivity contribution in [1.29, 1.82) is 0 Å². The van der Waals surface area contributed by atoms with E-state index in [-0.39, 0.29) is 5.37 Å². The minimum Gasteiger partial charge on any atom is -0.207 e. The van der Waals surface area contributed by atoms with Gasteiger partial charge in [-0.1, -0.05) is 17.7 Å². The number of thioether (sulfide) groups is 1. The minimum absolute atomic E-state index is 0.0423. The van der Waals surface area contributed by atoms with Crippen molar-refractivity contribution in [1.82, 2.24) is 4.31 Å². The van der Waals surface area contributed by atoms with Gasteiger partial charge < -0.3 is 0 Å². The number of sulfonamides is 1. The van der Waals surface area contributed by atoms with Gasteiger partial charge in [0.05, 0.1) is 10.3 Å². The summed E-state index contributed by atoms with van der Waals surface area (Å²) >= 11 is 1.68. The first-order chi connectivity index (χ1) is 7.93. The Kier molecular flexibility index (Phi) is 3.52. The number of nitrogens with zero attached hydrogens (tertiary/aromatic N) is 1. The quantitative estimate of drug-likeness (QED) is 0.829. The second kappa shape index (κ2) is 4.63. The van der Waals surface area contributed by atoms with Gasteiger partial charge in [-0.05, 0) is 32.4 Å². The van der Waals surface area contributed by atoms with Crippen molar-refractivity contribution in [2.75, 3.05) is 12.3 Å². The summed E-state index contributed by atoms with van der Waals surface area (Å²) in [6.45, 7) is 6.38. The minimum atomic E-state index is -3.32. The molecule has 1 aromatic rings. The summed E-state index contributed by atoms with van der Waals surface area (Å²) in [6.07, 6.45) is 0. The van der Waals surface area contributed by atoms with Gasteiger partial charge in [0.25, 0.3) is 0 Å². The average molecular weight is 271 g/mol. The predicted molar refractivity (Wildman–Crippen MR) is 71.7 cm³/mol. The monoisotopic (exact) mass is 271 g/mol. The maximum atomic E-state index is 12.5. The zero-order valence-corrected chi connectivity index (χ0v) is 11.9. The summed E-state index contributed by atoms with van der Waals surface area (Å²) in [6, 6.07) is 5.49. The van der Waals surface area contributed by atoms with Crippen molar-refractivity contribution in [3.8, 4) is 0 Å². The van der Waals surface area contributed by atoms with E-state index in [1.54, 1.807) is 22.1 Å². The lowest BCUT2D eigenvalue weighted by Crippen LogP contribution is -2.33. The van der Waals surface area contributed by atoms with E-state index < -0.39 is 10.0 Å². The molecule has 0 bridgehead atoms. The maximum absolute atomic E-state index is 12.5. The maximum Gasteiger partial charge on any atom is 0.244 e. The molecule has 94 valence electrons. The fourth-order valence-corrected chi connectivity index (χ4v) is 5.34. The average Bonchev–Trinajstić information content (AvgIpc) is 2.64. The van der Waals surface area contributed by atoms with Crippen LogP contribution in [-0.4, -0.2) is 30.4 Å². The third-order valence-electron chi connectivity index (χ3n) is 2.99. The lowest BCUT2D eigenvalue weighted by molar-refractivity contribution is 0.441. The molecule has 1 atom stereocenters. The van der Waals surface area contributed by atoms with Crippen LogP contribution in [0.2, 0.25) is 0 Å². The van der Waals surface area contributed by atoms with Crippen LogP contribution in [0.1, 0.15) is 18.1 Å². The molecular formula is C12H17NO2S2. The predicted octanol–water partition coefficient (Wildman–Crippen LogP) is 2.39. The number of benzene rings is 1. The molecule has 17 heavy (non-hydrogen) atoms. The van der Waals surface area contributed by atoms with E-state index in [1.165, 1.54) is 0 Å². The van der Waals surface area contributed by atoms with Crippen LogP contribution in [0.4, 0.5) is 0 Å². The third kappa shape index (κ3) is 2.37. The first-order valence-corrected chi connectivity index (χ1v) is 8.12. The van der Waals surface area contributed by atoms with Gasteiger partial charge in [0.2, 0.25) is 10.0 Å². The van der Waals surface area contributed by atoms with Crippen molar-refractivity contribution in [2.24, 2.45) is 0 Å². The fourth-order valence-electron chi connectivity index (χ4n) is 2.11. The van der Waals surface area contributed by atoms with Gasteiger partial charge in [-0.15, -0.1) is 11.8 Å². The smallest absolute Gasteiger partial charge is 0.207 e. The van der Waals surface area contributed by atoms with Crippen LogP contribution in [0, 0.1) is 13.8 Å². The summed E-state index contributed by atoms with van der Waals surface area (Å²) in [4.78, 5) is 0.442. The molecule has 0 aliphatic carbocycles. The van der Waals surface area contributed by atoms with E-state index in [0.29, 0.717) is 11.4 Å². The van der Waals surface area contributed by atoms with Crippen LogP contribution < -0.4 is 0 Å². The second-order valence-corrected chi connectivity index (χ2v) is 7.64. The molecule has 1 saturated heterocycles. The third-order valence-corrected chi connectivity index (χ3v) is 6.41. The molecule has 1 aromatic carbocycles. The lowest BCUT2D eigenvalue weighted by atomic mass is 10.2. The molecule has 1 unspecified atom stereocenters. The first-order valence-electron chi connectivity index (χ1n) is 5.63. The standard InChI is InChI=1S/C12H17NO2S2/c1-9-4-5-12(10(2)8-9)17(14,15)13-6-7-16-11(13)3/h4-5,8,11H,6-7H2,1-3H3. The Labute approximate surface area is 107 Å². The zero-order chi connectivity index (χ0) is 12.6. The van der Waals surface area contributed by atoms with Crippen LogP contribution >= 0.6 is 11.8 Å². The molecule has 5 heteroatoms. The van der Waals surface area contributed by atoms with Gasteiger partial charge >= 0.3 is 0 Å². The summed E-state index contributed by atoms with van der Waals surface area (Å²) < 4.78 is 26.6. The van der Waals surface area contributed by atoms with Gasteiger partial charge in [0.15, 0.2) is 0 Å². The Balaban J connectivity index is 2.44. The summed E-state index contributed by atoms with van der Waals surface area (Å²) in [5.41, 5.74) is 1.92. The Morgan fingerprint density at radius 2 is 2.06 bits per heavy atom. The van der Waals surface area contributed by atoms with Gasteiger partial charge in [-0.3, -0.25) is 0 Å². The van der Waals surface area contributed by atoms with Gasteiger partial charge in [-0.2, -0.15) is 4.31 Å². The first kappa shape index (κ1) is 12.9. The van der Waals surface area contributed by atoms with Gasteiger partial charge in [0, 0.05) is 12.3 Å². The highest BCUT2D eigenvalue weighted by Crippen LogP contribution is 2.30. The second-order valence-electron chi connectivity index (χ2n) is 4.35. The van der Waals surface area contributed by atoms with E-state index >= 15 is 0 Å². The van der Waals surface area contributed by atoms with Crippen LogP contribution in [0.3, 0.4) is 0 Å². The molecule has 0 amide bonds. The molecule has 0 N–H and O–H groups in total. The zero-order valence-electron chi connectivity index (χ0n) is 10.3. The highest BCUT2D eigenvalue weighted by Gasteiger charge is 2.33. The Hall–Kier alpha value is -0.520. The Bertz CT molecular complexity index is 525. The highest BCUT2D eigenvalue weighted by atomic mass is 32.2. The van der Waals surface area contributed by atoms with Gasteiger partial charge in [0.1, 0.15) is 0 Å². The van der Waals surface area contributed by atoms with E-state index in [9.17, 15) is 8.42 Å². The normalized spacial score (nSPS) is 21.9. The van der Waals surface area contributed by atoms with E-state index in [4.69, 9.17) is 0 Å².